The minimum Gasteiger partial charge on any atom is -0.204 e. The van der Waals surface area contributed by atoms with Crippen molar-refractivity contribution in [2.45, 2.75) is 44.9 Å². The van der Waals surface area contributed by atoms with Gasteiger partial charge in [-0.2, -0.15) is 0 Å². The molecule has 1 aliphatic carbocycles. The lowest BCUT2D eigenvalue weighted by molar-refractivity contribution is 0.326. The highest BCUT2D eigenvalue weighted by molar-refractivity contribution is 5.23. The van der Waals surface area contributed by atoms with Crippen LogP contribution in [-0.4, -0.2) is 0 Å². The van der Waals surface area contributed by atoms with Crippen molar-refractivity contribution >= 4 is 0 Å². The molecule has 0 N–H and O–H groups in total. The van der Waals surface area contributed by atoms with Gasteiger partial charge in [-0.25, -0.2) is 13.2 Å². The summed E-state index contributed by atoms with van der Waals surface area (Å²) in [6.07, 6.45) is 9.28. The van der Waals surface area contributed by atoms with Gasteiger partial charge >= 0.3 is 0 Å². The third kappa shape index (κ3) is 3.40. The van der Waals surface area contributed by atoms with Crippen LogP contribution < -0.4 is 0 Å². The first kappa shape index (κ1) is 14.2. The van der Waals surface area contributed by atoms with Crippen LogP contribution in [0.4, 0.5) is 13.2 Å². The predicted molar refractivity (Wildman–Crippen MR) is 70.4 cm³/mol. The zero-order valence-electron chi connectivity index (χ0n) is 11.1. The summed E-state index contributed by atoms with van der Waals surface area (Å²) in [6, 6.07) is 2.30. The van der Waals surface area contributed by atoms with Crippen molar-refractivity contribution in [1.82, 2.24) is 0 Å². The molecule has 0 amide bonds. The maximum absolute atomic E-state index is 13.2. The van der Waals surface area contributed by atoms with Gasteiger partial charge in [0.15, 0.2) is 17.5 Å². The molecule has 0 aliphatic heterocycles. The van der Waals surface area contributed by atoms with Crippen LogP contribution in [0.5, 0.6) is 0 Å². The number of hydrogen-bond donors (Lipinski definition) is 0. The molecule has 1 saturated carbocycles. The highest BCUT2D eigenvalue weighted by atomic mass is 19.2. The third-order valence-electron chi connectivity index (χ3n) is 4.03. The Hall–Kier alpha value is -1.25. The van der Waals surface area contributed by atoms with E-state index in [4.69, 9.17) is 0 Å². The Morgan fingerprint density at radius 3 is 2.16 bits per heavy atom. The van der Waals surface area contributed by atoms with E-state index in [-0.39, 0.29) is 5.92 Å². The Balaban J connectivity index is 2.01. The molecule has 1 aromatic rings. The van der Waals surface area contributed by atoms with E-state index in [9.17, 15) is 13.2 Å². The quantitative estimate of drug-likeness (QED) is 0.512. The van der Waals surface area contributed by atoms with Crippen LogP contribution in [0, 0.1) is 23.4 Å². The first-order chi connectivity index (χ1) is 9.11. The van der Waals surface area contributed by atoms with Crippen molar-refractivity contribution in [3.63, 3.8) is 0 Å². The van der Waals surface area contributed by atoms with Gasteiger partial charge in [-0.15, -0.1) is 0 Å². The SMILES string of the molecule is CC=CCC1CCC(c2cc(F)c(F)c(F)c2)CC1. The Kier molecular flexibility index (Phi) is 4.67. The number of hydrogen-bond acceptors (Lipinski definition) is 0. The molecule has 0 spiro atoms. The summed E-state index contributed by atoms with van der Waals surface area (Å²) in [6.45, 7) is 2.01. The van der Waals surface area contributed by atoms with Gasteiger partial charge in [0.2, 0.25) is 0 Å². The molecule has 0 nitrogen and oxygen atoms in total. The van der Waals surface area contributed by atoms with E-state index in [0.29, 0.717) is 11.5 Å². The van der Waals surface area contributed by atoms with Gasteiger partial charge in [0.25, 0.3) is 0 Å². The second-order valence-corrected chi connectivity index (χ2v) is 5.32. The lowest BCUT2D eigenvalue weighted by Crippen LogP contribution is -2.13. The molecule has 0 aromatic heterocycles. The summed E-state index contributed by atoms with van der Waals surface area (Å²) in [5, 5.41) is 0. The van der Waals surface area contributed by atoms with E-state index in [0.717, 1.165) is 44.2 Å². The second-order valence-electron chi connectivity index (χ2n) is 5.32. The lowest BCUT2D eigenvalue weighted by atomic mass is 9.77. The van der Waals surface area contributed by atoms with Crippen molar-refractivity contribution in [2.24, 2.45) is 5.92 Å². The van der Waals surface area contributed by atoms with E-state index >= 15 is 0 Å². The Labute approximate surface area is 112 Å². The molecule has 0 radical (unpaired) electrons. The molecule has 1 aromatic carbocycles. The molecule has 104 valence electrons. The van der Waals surface area contributed by atoms with Crippen molar-refractivity contribution in [3.8, 4) is 0 Å². The maximum atomic E-state index is 13.2. The lowest BCUT2D eigenvalue weighted by Gasteiger charge is -2.28. The first-order valence-corrected chi connectivity index (χ1v) is 6.87. The van der Waals surface area contributed by atoms with E-state index in [1.54, 1.807) is 0 Å². The second kappa shape index (κ2) is 6.27. The molecule has 1 aliphatic rings. The van der Waals surface area contributed by atoms with Crippen LogP contribution >= 0.6 is 0 Å². The van der Waals surface area contributed by atoms with Crippen molar-refractivity contribution < 1.29 is 13.2 Å². The van der Waals surface area contributed by atoms with Gasteiger partial charge in [0.1, 0.15) is 0 Å². The van der Waals surface area contributed by atoms with Gasteiger partial charge in [-0.3, -0.25) is 0 Å². The van der Waals surface area contributed by atoms with Gasteiger partial charge < -0.3 is 0 Å². The number of benzene rings is 1. The van der Waals surface area contributed by atoms with Crippen molar-refractivity contribution in [2.75, 3.05) is 0 Å². The highest BCUT2D eigenvalue weighted by Crippen LogP contribution is 2.37. The predicted octanol–water partition coefficient (Wildman–Crippen LogP) is 5.34. The van der Waals surface area contributed by atoms with Crippen molar-refractivity contribution in [3.05, 3.63) is 47.3 Å². The van der Waals surface area contributed by atoms with E-state index < -0.39 is 17.5 Å². The zero-order valence-corrected chi connectivity index (χ0v) is 11.1. The van der Waals surface area contributed by atoms with E-state index in [1.165, 1.54) is 0 Å². The summed E-state index contributed by atoms with van der Waals surface area (Å²) in [4.78, 5) is 0. The van der Waals surface area contributed by atoms with Crippen LogP contribution in [0.1, 0.15) is 50.5 Å². The minimum atomic E-state index is -1.37. The third-order valence-corrected chi connectivity index (χ3v) is 4.03. The molecule has 0 bridgehead atoms. The average molecular weight is 268 g/mol. The average Bonchev–Trinajstić information content (AvgIpc) is 2.42. The zero-order chi connectivity index (χ0) is 13.8. The number of allylic oxidation sites excluding steroid dienone is 2. The van der Waals surface area contributed by atoms with Gasteiger partial charge in [-0.05, 0) is 68.6 Å². The molecule has 1 fully saturated rings. The standard InChI is InChI=1S/C16H19F3/c1-2-3-4-11-5-7-12(8-6-11)13-9-14(17)16(19)15(18)10-13/h2-3,9-12H,4-8H2,1H3. The highest BCUT2D eigenvalue weighted by Gasteiger charge is 2.23. The molecule has 0 atom stereocenters. The van der Waals surface area contributed by atoms with Crippen LogP contribution in [0.3, 0.4) is 0 Å². The largest absolute Gasteiger partial charge is 0.204 e. The number of halogens is 3. The molecular weight excluding hydrogens is 249 g/mol. The van der Waals surface area contributed by atoms with Crippen LogP contribution in [0.15, 0.2) is 24.3 Å². The summed E-state index contributed by atoms with van der Waals surface area (Å²) < 4.78 is 39.3. The van der Waals surface area contributed by atoms with Crippen LogP contribution in [-0.2, 0) is 0 Å². The fourth-order valence-electron chi connectivity index (χ4n) is 2.87. The minimum absolute atomic E-state index is 0.159. The number of rotatable bonds is 3. The molecule has 0 saturated heterocycles. The summed E-state index contributed by atoms with van der Waals surface area (Å²) in [5.41, 5.74) is 0.598. The topological polar surface area (TPSA) is 0 Å². The molecule has 2 rings (SSSR count). The molecule has 19 heavy (non-hydrogen) atoms. The summed E-state index contributed by atoms with van der Waals surface area (Å²) in [7, 11) is 0. The van der Waals surface area contributed by atoms with Crippen LogP contribution in [0.25, 0.3) is 0 Å². The molecule has 0 heterocycles. The Bertz CT molecular complexity index is 434. The maximum Gasteiger partial charge on any atom is 0.194 e. The van der Waals surface area contributed by atoms with Gasteiger partial charge in [-0.1, -0.05) is 12.2 Å². The monoisotopic (exact) mass is 268 g/mol. The van der Waals surface area contributed by atoms with Crippen molar-refractivity contribution in [1.29, 1.82) is 0 Å². The fraction of sp³-hybridized carbons (Fsp3) is 0.500. The molecular formula is C16H19F3. The van der Waals surface area contributed by atoms with E-state index in [2.05, 4.69) is 12.2 Å². The Morgan fingerprint density at radius 1 is 1.05 bits per heavy atom. The van der Waals surface area contributed by atoms with Crippen LogP contribution in [0.2, 0.25) is 0 Å². The normalized spacial score (nSPS) is 24.0. The first-order valence-electron chi connectivity index (χ1n) is 6.87. The summed E-state index contributed by atoms with van der Waals surface area (Å²) in [5.74, 6) is -2.70. The Morgan fingerprint density at radius 2 is 1.63 bits per heavy atom. The summed E-state index contributed by atoms with van der Waals surface area (Å²) >= 11 is 0. The molecule has 3 heteroatoms. The van der Waals surface area contributed by atoms with E-state index in [1.807, 2.05) is 6.92 Å². The molecule has 0 unspecified atom stereocenters. The smallest absolute Gasteiger partial charge is 0.194 e. The van der Waals surface area contributed by atoms with Gasteiger partial charge in [0.05, 0.1) is 0 Å². The van der Waals surface area contributed by atoms with Gasteiger partial charge in [0, 0.05) is 0 Å². The fourth-order valence-corrected chi connectivity index (χ4v) is 2.87.